The van der Waals surface area contributed by atoms with Gasteiger partial charge in [-0.3, -0.25) is 0 Å². The molecule has 0 bridgehead atoms. The van der Waals surface area contributed by atoms with Crippen LogP contribution >= 0.6 is 0 Å². The minimum atomic E-state index is -0.654. The summed E-state index contributed by atoms with van der Waals surface area (Å²) in [5.41, 5.74) is 2.59. The number of hydrogen-bond donors (Lipinski definition) is 2. The summed E-state index contributed by atoms with van der Waals surface area (Å²) in [7, 11) is 0. The third kappa shape index (κ3) is 4.14. The number of aryl methyl sites for hydroxylation is 1. The monoisotopic (exact) mass is 236 g/mol. The van der Waals surface area contributed by atoms with Crippen LogP contribution in [0.15, 0.2) is 24.3 Å². The van der Waals surface area contributed by atoms with Crippen LogP contribution in [0.5, 0.6) is 0 Å². The van der Waals surface area contributed by atoms with Gasteiger partial charge in [0, 0.05) is 0 Å². The van der Waals surface area contributed by atoms with Crippen LogP contribution in [0.25, 0.3) is 0 Å². The van der Waals surface area contributed by atoms with Gasteiger partial charge in [-0.25, -0.2) is 0 Å². The summed E-state index contributed by atoms with van der Waals surface area (Å²) >= 11 is 0. The zero-order valence-electron chi connectivity index (χ0n) is 11.1. The molecular weight excluding hydrogens is 212 g/mol. The predicted molar refractivity (Wildman–Crippen MR) is 71.2 cm³/mol. The molecule has 0 heterocycles. The second-order valence-corrected chi connectivity index (χ2v) is 4.74. The number of aliphatic hydroxyl groups excluding tert-OH is 2. The Balaban J connectivity index is 2.72. The zero-order chi connectivity index (χ0) is 12.8. The zero-order valence-corrected chi connectivity index (χ0v) is 11.1. The molecule has 0 spiro atoms. The van der Waals surface area contributed by atoms with Gasteiger partial charge in [-0.2, -0.15) is 0 Å². The van der Waals surface area contributed by atoms with E-state index in [-0.39, 0.29) is 0 Å². The van der Waals surface area contributed by atoms with E-state index in [1.165, 1.54) is 11.1 Å². The molecule has 0 aliphatic rings. The first-order valence-electron chi connectivity index (χ1n) is 6.53. The fourth-order valence-electron chi connectivity index (χ4n) is 2.05. The Morgan fingerprint density at radius 3 is 2.06 bits per heavy atom. The van der Waals surface area contributed by atoms with E-state index < -0.39 is 12.2 Å². The molecule has 0 saturated heterocycles. The molecule has 2 nitrogen and oxygen atoms in total. The van der Waals surface area contributed by atoms with Crippen LogP contribution in [0.1, 0.15) is 50.7 Å². The van der Waals surface area contributed by atoms with Gasteiger partial charge in [-0.05, 0) is 43.2 Å². The van der Waals surface area contributed by atoms with Crippen molar-refractivity contribution in [1.82, 2.24) is 0 Å². The van der Waals surface area contributed by atoms with Crippen molar-refractivity contribution in [3.05, 3.63) is 35.4 Å². The third-order valence-corrected chi connectivity index (χ3v) is 3.44. The fraction of sp³-hybridized carbons (Fsp3) is 0.600. The average Bonchev–Trinajstić information content (AvgIpc) is 2.35. The standard InChI is InChI=1S/C15H24O2/c1-4-12-6-8-14(9-7-12)13(5-2)10-15(17)11(3)16/h6-9,11,13,15-17H,4-5,10H2,1-3H3. The van der Waals surface area contributed by atoms with Gasteiger partial charge in [0.25, 0.3) is 0 Å². The average molecular weight is 236 g/mol. The molecule has 2 N–H and O–H groups in total. The van der Waals surface area contributed by atoms with Crippen molar-refractivity contribution in [2.24, 2.45) is 0 Å². The van der Waals surface area contributed by atoms with Gasteiger partial charge in [0.15, 0.2) is 0 Å². The molecule has 17 heavy (non-hydrogen) atoms. The van der Waals surface area contributed by atoms with Crippen LogP contribution < -0.4 is 0 Å². The van der Waals surface area contributed by atoms with Crippen molar-refractivity contribution in [2.75, 3.05) is 0 Å². The van der Waals surface area contributed by atoms with Crippen molar-refractivity contribution >= 4 is 0 Å². The molecule has 3 unspecified atom stereocenters. The maximum absolute atomic E-state index is 9.74. The van der Waals surface area contributed by atoms with Crippen LogP contribution in [0.2, 0.25) is 0 Å². The summed E-state index contributed by atoms with van der Waals surface area (Å²) in [6.07, 6.45) is 1.37. The van der Waals surface area contributed by atoms with Gasteiger partial charge in [-0.15, -0.1) is 0 Å². The lowest BCUT2D eigenvalue weighted by molar-refractivity contribution is 0.0215. The van der Waals surface area contributed by atoms with E-state index in [1.54, 1.807) is 6.92 Å². The first-order chi connectivity index (χ1) is 8.08. The summed E-state index contributed by atoms with van der Waals surface area (Å²) in [5, 5.41) is 19.1. The van der Waals surface area contributed by atoms with Crippen LogP contribution in [-0.4, -0.2) is 22.4 Å². The summed E-state index contributed by atoms with van der Waals surface area (Å²) in [6.45, 7) is 5.90. The minimum absolute atomic E-state index is 0.325. The number of hydrogen-bond acceptors (Lipinski definition) is 2. The highest BCUT2D eigenvalue weighted by atomic mass is 16.3. The highest BCUT2D eigenvalue weighted by Gasteiger charge is 2.18. The van der Waals surface area contributed by atoms with E-state index in [4.69, 9.17) is 0 Å². The second kappa shape index (κ2) is 6.77. The number of aliphatic hydroxyl groups is 2. The summed E-state index contributed by atoms with van der Waals surface area (Å²) in [4.78, 5) is 0. The van der Waals surface area contributed by atoms with E-state index in [0.29, 0.717) is 12.3 Å². The van der Waals surface area contributed by atoms with Crippen molar-refractivity contribution in [1.29, 1.82) is 0 Å². The van der Waals surface area contributed by atoms with Gasteiger partial charge in [0.05, 0.1) is 12.2 Å². The second-order valence-electron chi connectivity index (χ2n) is 4.74. The summed E-state index contributed by atoms with van der Waals surface area (Å²) in [6, 6.07) is 8.57. The fourth-order valence-corrected chi connectivity index (χ4v) is 2.05. The summed E-state index contributed by atoms with van der Waals surface area (Å²) in [5.74, 6) is 0.325. The first kappa shape index (κ1) is 14.2. The highest BCUT2D eigenvalue weighted by molar-refractivity contribution is 5.25. The maximum Gasteiger partial charge on any atom is 0.0802 e. The third-order valence-electron chi connectivity index (χ3n) is 3.44. The SMILES string of the molecule is CCc1ccc(C(CC)CC(O)C(C)O)cc1. The predicted octanol–water partition coefficient (Wildman–Crippen LogP) is 2.87. The lowest BCUT2D eigenvalue weighted by atomic mass is 9.89. The van der Waals surface area contributed by atoms with Crippen LogP contribution in [-0.2, 0) is 6.42 Å². The largest absolute Gasteiger partial charge is 0.391 e. The lowest BCUT2D eigenvalue weighted by Crippen LogP contribution is -2.24. The van der Waals surface area contributed by atoms with Crippen LogP contribution in [0.3, 0.4) is 0 Å². The van der Waals surface area contributed by atoms with Gasteiger partial charge >= 0.3 is 0 Å². The van der Waals surface area contributed by atoms with Crippen molar-refractivity contribution in [3.63, 3.8) is 0 Å². The van der Waals surface area contributed by atoms with Crippen molar-refractivity contribution in [3.8, 4) is 0 Å². The number of benzene rings is 1. The quantitative estimate of drug-likeness (QED) is 0.797. The molecular formula is C15H24O2. The van der Waals surface area contributed by atoms with Gasteiger partial charge in [-0.1, -0.05) is 38.1 Å². The van der Waals surface area contributed by atoms with E-state index in [2.05, 4.69) is 38.1 Å². The molecule has 1 rings (SSSR count). The molecule has 0 fully saturated rings. The molecule has 0 amide bonds. The van der Waals surface area contributed by atoms with Gasteiger partial charge in [0.2, 0.25) is 0 Å². The number of rotatable bonds is 6. The Kier molecular flexibility index (Phi) is 5.66. The van der Waals surface area contributed by atoms with Crippen LogP contribution in [0.4, 0.5) is 0 Å². The van der Waals surface area contributed by atoms with E-state index in [9.17, 15) is 10.2 Å². The Bertz CT molecular complexity index is 316. The highest BCUT2D eigenvalue weighted by Crippen LogP contribution is 2.26. The van der Waals surface area contributed by atoms with E-state index in [1.807, 2.05) is 0 Å². The van der Waals surface area contributed by atoms with E-state index in [0.717, 1.165) is 12.8 Å². The Morgan fingerprint density at radius 2 is 1.65 bits per heavy atom. The lowest BCUT2D eigenvalue weighted by Gasteiger charge is -2.21. The maximum atomic E-state index is 9.74. The first-order valence-corrected chi connectivity index (χ1v) is 6.53. The molecule has 3 atom stereocenters. The molecule has 0 aliphatic heterocycles. The summed E-state index contributed by atoms with van der Waals surface area (Å²) < 4.78 is 0. The topological polar surface area (TPSA) is 40.5 Å². The molecule has 0 saturated carbocycles. The van der Waals surface area contributed by atoms with Gasteiger partial charge in [0.1, 0.15) is 0 Å². The van der Waals surface area contributed by atoms with Crippen molar-refractivity contribution < 1.29 is 10.2 Å². The Hall–Kier alpha value is -0.860. The molecule has 1 aromatic carbocycles. The normalized spacial score (nSPS) is 16.5. The Morgan fingerprint density at radius 1 is 1.06 bits per heavy atom. The molecule has 0 aliphatic carbocycles. The van der Waals surface area contributed by atoms with Crippen molar-refractivity contribution in [2.45, 2.75) is 58.2 Å². The van der Waals surface area contributed by atoms with Gasteiger partial charge < -0.3 is 10.2 Å². The molecule has 0 aromatic heterocycles. The molecule has 96 valence electrons. The molecule has 0 radical (unpaired) electrons. The van der Waals surface area contributed by atoms with Crippen LogP contribution in [0, 0.1) is 0 Å². The minimum Gasteiger partial charge on any atom is -0.391 e. The molecule has 1 aromatic rings. The smallest absolute Gasteiger partial charge is 0.0802 e. The van der Waals surface area contributed by atoms with E-state index >= 15 is 0 Å². The Labute approximate surface area is 104 Å². The molecule has 2 heteroatoms.